The first-order chi connectivity index (χ1) is 7.08. The Morgan fingerprint density at radius 3 is 2.00 bits per heavy atom. The lowest BCUT2D eigenvalue weighted by Crippen LogP contribution is -2.14. The molecule has 0 bridgehead atoms. The van der Waals surface area contributed by atoms with E-state index in [1.165, 1.54) is 6.92 Å². The van der Waals surface area contributed by atoms with Crippen molar-refractivity contribution in [3.05, 3.63) is 11.1 Å². The van der Waals surface area contributed by atoms with Gasteiger partial charge < -0.3 is 9.47 Å². The van der Waals surface area contributed by atoms with Crippen molar-refractivity contribution >= 4 is 11.9 Å². The van der Waals surface area contributed by atoms with Crippen LogP contribution in [0, 0.1) is 11.3 Å². The van der Waals surface area contributed by atoms with Gasteiger partial charge in [0.25, 0.3) is 0 Å². The van der Waals surface area contributed by atoms with Crippen molar-refractivity contribution in [1.82, 2.24) is 0 Å². The fourth-order valence-electron chi connectivity index (χ4n) is 0.827. The van der Waals surface area contributed by atoms with E-state index in [0.29, 0.717) is 0 Å². The summed E-state index contributed by atoms with van der Waals surface area (Å²) >= 11 is 0. The van der Waals surface area contributed by atoms with Crippen LogP contribution in [0.2, 0.25) is 0 Å². The Morgan fingerprint density at radius 2 is 1.60 bits per heavy atom. The average molecular weight is 211 g/mol. The molecule has 0 aliphatic carbocycles. The van der Waals surface area contributed by atoms with Gasteiger partial charge in [0.15, 0.2) is 0 Å². The number of carbonyl (C=O) groups excluding carboxylic acids is 2. The Labute approximate surface area is 88.3 Å². The van der Waals surface area contributed by atoms with Gasteiger partial charge in [0.1, 0.15) is 11.6 Å². The number of rotatable bonds is 4. The molecule has 0 radical (unpaired) electrons. The average Bonchev–Trinajstić information content (AvgIpc) is 2.19. The Hall–Kier alpha value is -1.83. The third-order valence-electron chi connectivity index (χ3n) is 1.55. The van der Waals surface area contributed by atoms with Crippen LogP contribution >= 0.6 is 0 Å². The molecule has 0 aliphatic heterocycles. The monoisotopic (exact) mass is 211 g/mol. The predicted molar refractivity (Wildman–Crippen MR) is 51.6 cm³/mol. The lowest BCUT2D eigenvalue weighted by molar-refractivity contribution is -0.141. The van der Waals surface area contributed by atoms with E-state index in [2.05, 4.69) is 9.47 Å². The van der Waals surface area contributed by atoms with E-state index in [9.17, 15) is 9.59 Å². The summed E-state index contributed by atoms with van der Waals surface area (Å²) in [7, 11) is 0. The largest absolute Gasteiger partial charge is 0.463 e. The Morgan fingerprint density at radius 1 is 1.13 bits per heavy atom. The first-order valence-electron chi connectivity index (χ1n) is 4.53. The molecule has 82 valence electrons. The molecule has 0 saturated heterocycles. The molecular formula is C10H13NO4. The van der Waals surface area contributed by atoms with Gasteiger partial charge in [-0.05, 0) is 20.8 Å². The van der Waals surface area contributed by atoms with Crippen LogP contribution in [0.4, 0.5) is 0 Å². The Balaban J connectivity index is 4.91. The first-order valence-corrected chi connectivity index (χ1v) is 4.53. The summed E-state index contributed by atoms with van der Waals surface area (Å²) in [5, 5.41) is 8.69. The maximum Gasteiger partial charge on any atom is 0.349 e. The van der Waals surface area contributed by atoms with Crippen molar-refractivity contribution in [2.45, 2.75) is 20.8 Å². The summed E-state index contributed by atoms with van der Waals surface area (Å²) in [6.07, 6.45) is 0. The zero-order chi connectivity index (χ0) is 11.8. The van der Waals surface area contributed by atoms with Gasteiger partial charge in [0.05, 0.1) is 18.8 Å². The topological polar surface area (TPSA) is 76.4 Å². The van der Waals surface area contributed by atoms with Crippen molar-refractivity contribution in [2.75, 3.05) is 13.2 Å². The van der Waals surface area contributed by atoms with Crippen LogP contribution in [-0.4, -0.2) is 25.2 Å². The summed E-state index contributed by atoms with van der Waals surface area (Å²) < 4.78 is 9.28. The minimum atomic E-state index is -0.800. The SMILES string of the molecule is CCOC(=O)/C(C)=C(\C#N)C(=O)OCC. The van der Waals surface area contributed by atoms with Gasteiger partial charge in [-0.3, -0.25) is 0 Å². The highest BCUT2D eigenvalue weighted by Gasteiger charge is 2.19. The Kier molecular flexibility index (Phi) is 5.79. The zero-order valence-electron chi connectivity index (χ0n) is 8.99. The number of carbonyl (C=O) groups is 2. The normalized spacial score (nSPS) is 11.1. The molecule has 0 aliphatic rings. The molecule has 0 atom stereocenters. The molecule has 5 heteroatoms. The quantitative estimate of drug-likeness (QED) is 0.393. The summed E-state index contributed by atoms with van der Waals surface area (Å²) in [6.45, 7) is 4.96. The zero-order valence-corrected chi connectivity index (χ0v) is 8.99. The molecule has 0 spiro atoms. The van der Waals surface area contributed by atoms with Gasteiger partial charge >= 0.3 is 11.9 Å². The molecule has 5 nitrogen and oxygen atoms in total. The third-order valence-corrected chi connectivity index (χ3v) is 1.55. The van der Waals surface area contributed by atoms with E-state index in [4.69, 9.17) is 5.26 Å². The first kappa shape index (κ1) is 13.2. The number of nitrogens with zero attached hydrogens (tertiary/aromatic N) is 1. The summed E-state index contributed by atoms with van der Waals surface area (Å²) in [5.74, 6) is -1.48. The highest BCUT2D eigenvalue weighted by Crippen LogP contribution is 2.07. The smallest absolute Gasteiger partial charge is 0.349 e. The molecule has 0 fully saturated rings. The lowest BCUT2D eigenvalue weighted by atomic mass is 10.1. The lowest BCUT2D eigenvalue weighted by Gasteiger charge is -2.04. The minimum absolute atomic E-state index is 0.0298. The second kappa shape index (κ2) is 6.60. The number of hydrogen-bond donors (Lipinski definition) is 0. The van der Waals surface area contributed by atoms with Crippen LogP contribution < -0.4 is 0 Å². The summed E-state index contributed by atoms with van der Waals surface area (Å²) in [4.78, 5) is 22.4. The van der Waals surface area contributed by atoms with Crippen LogP contribution in [0.15, 0.2) is 11.1 Å². The van der Waals surface area contributed by atoms with Gasteiger partial charge in [-0.15, -0.1) is 0 Å². The number of nitriles is 1. The number of esters is 2. The molecule has 0 amide bonds. The standard InChI is InChI=1S/C10H13NO4/c1-4-14-9(12)7(3)8(6-11)10(13)15-5-2/h4-5H2,1-3H3/b8-7+. The van der Waals surface area contributed by atoms with Gasteiger partial charge in [0.2, 0.25) is 0 Å². The molecule has 15 heavy (non-hydrogen) atoms. The third kappa shape index (κ3) is 3.81. The highest BCUT2D eigenvalue weighted by molar-refractivity contribution is 6.02. The highest BCUT2D eigenvalue weighted by atomic mass is 16.5. The molecule has 0 unspecified atom stereocenters. The molecule has 0 aromatic rings. The summed E-state index contributed by atoms with van der Waals surface area (Å²) in [6, 6.07) is 1.63. The van der Waals surface area contributed by atoms with Crippen molar-refractivity contribution in [1.29, 1.82) is 5.26 Å². The fraction of sp³-hybridized carbons (Fsp3) is 0.500. The molecule has 0 saturated carbocycles. The van der Waals surface area contributed by atoms with Crippen LogP contribution in [-0.2, 0) is 19.1 Å². The fourth-order valence-corrected chi connectivity index (χ4v) is 0.827. The van der Waals surface area contributed by atoms with Gasteiger partial charge in [-0.25, -0.2) is 9.59 Å². The van der Waals surface area contributed by atoms with Crippen LogP contribution in [0.3, 0.4) is 0 Å². The molecule has 0 heterocycles. The molecular weight excluding hydrogens is 198 g/mol. The van der Waals surface area contributed by atoms with Gasteiger partial charge in [-0.1, -0.05) is 0 Å². The number of ether oxygens (including phenoxy) is 2. The van der Waals surface area contributed by atoms with Gasteiger partial charge in [0, 0.05) is 0 Å². The maximum absolute atomic E-state index is 11.2. The van der Waals surface area contributed by atoms with Crippen molar-refractivity contribution in [2.24, 2.45) is 0 Å². The molecule has 0 aromatic carbocycles. The number of hydrogen-bond acceptors (Lipinski definition) is 5. The van der Waals surface area contributed by atoms with E-state index in [1.807, 2.05) is 0 Å². The second-order valence-electron chi connectivity index (χ2n) is 2.55. The predicted octanol–water partition coefficient (Wildman–Crippen LogP) is 0.953. The van der Waals surface area contributed by atoms with Crippen LogP contribution in [0.25, 0.3) is 0 Å². The molecule has 0 rings (SSSR count). The van der Waals surface area contributed by atoms with Crippen molar-refractivity contribution < 1.29 is 19.1 Å². The second-order valence-corrected chi connectivity index (χ2v) is 2.55. The Bertz CT molecular complexity index is 325. The van der Waals surface area contributed by atoms with Crippen LogP contribution in [0.1, 0.15) is 20.8 Å². The van der Waals surface area contributed by atoms with E-state index < -0.39 is 11.9 Å². The minimum Gasteiger partial charge on any atom is -0.463 e. The van der Waals surface area contributed by atoms with E-state index in [-0.39, 0.29) is 24.4 Å². The van der Waals surface area contributed by atoms with Crippen LogP contribution in [0.5, 0.6) is 0 Å². The van der Waals surface area contributed by atoms with Crippen molar-refractivity contribution in [3.63, 3.8) is 0 Å². The summed E-state index contributed by atoms with van der Waals surface area (Å²) in [5.41, 5.74) is -0.340. The maximum atomic E-state index is 11.2. The van der Waals surface area contributed by atoms with E-state index >= 15 is 0 Å². The van der Waals surface area contributed by atoms with E-state index in [0.717, 1.165) is 0 Å². The molecule has 0 N–H and O–H groups in total. The van der Waals surface area contributed by atoms with Gasteiger partial charge in [-0.2, -0.15) is 5.26 Å². The molecule has 0 aromatic heterocycles. The van der Waals surface area contributed by atoms with Crippen molar-refractivity contribution in [3.8, 4) is 6.07 Å². The van der Waals surface area contributed by atoms with E-state index in [1.54, 1.807) is 19.9 Å².